The van der Waals surface area contributed by atoms with Gasteiger partial charge in [-0.15, -0.1) is 0 Å². The largest absolute Gasteiger partial charge is 0.480 e. The van der Waals surface area contributed by atoms with E-state index in [0.29, 0.717) is 12.8 Å². The Morgan fingerprint density at radius 2 is 2.11 bits per heavy atom. The van der Waals surface area contributed by atoms with Crippen LogP contribution in [0.4, 0.5) is 0 Å². The predicted molar refractivity (Wildman–Crippen MR) is 62.4 cm³/mol. The highest BCUT2D eigenvalue weighted by molar-refractivity contribution is 7.90. The number of rotatable bonds is 5. The van der Waals surface area contributed by atoms with Gasteiger partial charge >= 0.3 is 11.9 Å². The van der Waals surface area contributed by atoms with Gasteiger partial charge in [-0.05, 0) is 26.7 Å². The summed E-state index contributed by atoms with van der Waals surface area (Å²) >= 11 is 0. The number of ether oxygens (including phenoxy) is 1. The lowest BCUT2D eigenvalue weighted by Gasteiger charge is -2.24. The van der Waals surface area contributed by atoms with Gasteiger partial charge in [-0.3, -0.25) is 9.59 Å². The Hall–Kier alpha value is -1.15. The molecule has 2 unspecified atom stereocenters. The summed E-state index contributed by atoms with van der Waals surface area (Å²) in [6.45, 7) is 3.05. The maximum Gasteiger partial charge on any atom is 0.324 e. The van der Waals surface area contributed by atoms with E-state index in [4.69, 9.17) is 9.84 Å². The molecule has 1 aliphatic rings. The third kappa shape index (κ3) is 2.81. The Labute approximate surface area is 106 Å². The summed E-state index contributed by atoms with van der Waals surface area (Å²) in [7, 11) is -4.02. The minimum atomic E-state index is -4.02. The summed E-state index contributed by atoms with van der Waals surface area (Å²) in [5.74, 6) is -2.04. The normalized spacial score (nSPS) is 22.7. The second kappa shape index (κ2) is 5.66. The predicted octanol–water partition coefficient (Wildman–Crippen LogP) is -0.183. The fourth-order valence-electron chi connectivity index (χ4n) is 1.85. The molecule has 8 heteroatoms. The molecule has 1 rings (SSSR count). The zero-order valence-electron chi connectivity index (χ0n) is 10.3. The number of carboxylic acid groups (broad SMARTS) is 1. The first kappa shape index (κ1) is 14.9. The Bertz CT molecular complexity index is 432. The number of aliphatic carboxylic acids is 1. The smallest absolute Gasteiger partial charge is 0.324 e. The first-order valence-electron chi connectivity index (χ1n) is 5.72. The lowest BCUT2D eigenvalue weighted by molar-refractivity contribution is -0.147. The zero-order chi connectivity index (χ0) is 13.9. The molecule has 0 saturated carbocycles. The molecule has 0 aromatic rings. The third-order valence-electron chi connectivity index (χ3n) is 2.88. The summed E-state index contributed by atoms with van der Waals surface area (Å²) < 4.78 is 29.8. The summed E-state index contributed by atoms with van der Waals surface area (Å²) in [4.78, 5) is 22.4. The van der Waals surface area contributed by atoms with Crippen LogP contribution in [-0.2, 0) is 24.3 Å². The van der Waals surface area contributed by atoms with Crippen LogP contribution in [0.2, 0.25) is 0 Å². The van der Waals surface area contributed by atoms with Gasteiger partial charge in [0, 0.05) is 6.54 Å². The monoisotopic (exact) mass is 279 g/mol. The molecule has 0 radical (unpaired) electrons. The van der Waals surface area contributed by atoms with E-state index in [0.717, 1.165) is 11.2 Å². The highest BCUT2D eigenvalue weighted by Gasteiger charge is 2.43. The van der Waals surface area contributed by atoms with Crippen LogP contribution < -0.4 is 0 Å². The number of hydrogen-bond donors (Lipinski definition) is 1. The van der Waals surface area contributed by atoms with E-state index in [1.807, 2.05) is 0 Å². The second-order valence-electron chi connectivity index (χ2n) is 4.05. The second-order valence-corrected chi connectivity index (χ2v) is 6.25. The van der Waals surface area contributed by atoms with Crippen molar-refractivity contribution in [2.45, 2.75) is 38.0 Å². The van der Waals surface area contributed by atoms with Gasteiger partial charge in [-0.2, -0.15) is 4.31 Å². The molecule has 1 fully saturated rings. The van der Waals surface area contributed by atoms with E-state index < -0.39 is 33.3 Å². The molecule has 1 heterocycles. The van der Waals surface area contributed by atoms with Gasteiger partial charge in [0.15, 0.2) is 5.25 Å². The van der Waals surface area contributed by atoms with Gasteiger partial charge in [0.1, 0.15) is 6.04 Å². The zero-order valence-corrected chi connectivity index (χ0v) is 11.1. The number of nitrogens with zero attached hydrogens (tertiary/aromatic N) is 1. The molecule has 7 nitrogen and oxygen atoms in total. The molecule has 0 amide bonds. The number of carbonyl (C=O) groups excluding carboxylic acids is 1. The summed E-state index contributed by atoms with van der Waals surface area (Å²) in [5, 5.41) is 7.22. The van der Waals surface area contributed by atoms with E-state index in [1.165, 1.54) is 0 Å². The van der Waals surface area contributed by atoms with E-state index in [-0.39, 0.29) is 13.2 Å². The molecule has 0 spiro atoms. The van der Waals surface area contributed by atoms with Crippen LogP contribution in [-0.4, -0.2) is 54.2 Å². The molecule has 0 aromatic heterocycles. The van der Waals surface area contributed by atoms with E-state index in [2.05, 4.69) is 0 Å². The van der Waals surface area contributed by atoms with Crippen molar-refractivity contribution in [3.05, 3.63) is 0 Å². The van der Waals surface area contributed by atoms with E-state index >= 15 is 0 Å². The van der Waals surface area contributed by atoms with Crippen LogP contribution in [0.5, 0.6) is 0 Å². The maximum absolute atomic E-state index is 12.0. The molecule has 2 atom stereocenters. The molecule has 0 aromatic carbocycles. The van der Waals surface area contributed by atoms with Gasteiger partial charge in [-0.25, -0.2) is 8.42 Å². The van der Waals surface area contributed by atoms with Crippen LogP contribution >= 0.6 is 0 Å². The molecule has 1 aliphatic heterocycles. The SMILES string of the molecule is CCOC(=O)C1CCCN1S(=O)(=O)C(C)C(=O)O. The lowest BCUT2D eigenvalue weighted by atomic mass is 10.2. The summed E-state index contributed by atoms with van der Waals surface area (Å²) in [5.41, 5.74) is 0. The van der Waals surface area contributed by atoms with Gasteiger partial charge in [0.05, 0.1) is 6.61 Å². The molecular weight excluding hydrogens is 262 g/mol. The van der Waals surface area contributed by atoms with Crippen LogP contribution in [0.15, 0.2) is 0 Å². The average Bonchev–Trinajstić information content (AvgIpc) is 2.77. The Morgan fingerprint density at radius 3 is 2.61 bits per heavy atom. The third-order valence-corrected chi connectivity index (χ3v) is 5.07. The Balaban J connectivity index is 2.94. The van der Waals surface area contributed by atoms with Crippen molar-refractivity contribution in [3.63, 3.8) is 0 Å². The minimum absolute atomic E-state index is 0.156. The van der Waals surface area contributed by atoms with E-state index in [9.17, 15) is 18.0 Å². The number of sulfonamides is 1. The van der Waals surface area contributed by atoms with Crippen LogP contribution in [0, 0.1) is 0 Å². The van der Waals surface area contributed by atoms with Gasteiger partial charge in [-0.1, -0.05) is 0 Å². The Morgan fingerprint density at radius 1 is 1.50 bits per heavy atom. The topological polar surface area (TPSA) is 101 Å². The fourth-order valence-corrected chi connectivity index (χ4v) is 3.44. The van der Waals surface area contributed by atoms with Crippen molar-refractivity contribution >= 4 is 22.0 Å². The number of carbonyl (C=O) groups is 2. The molecule has 0 aliphatic carbocycles. The highest BCUT2D eigenvalue weighted by Crippen LogP contribution is 2.24. The van der Waals surface area contributed by atoms with Gasteiger partial charge in [0.2, 0.25) is 10.0 Å². The molecule has 0 bridgehead atoms. The summed E-state index contributed by atoms with van der Waals surface area (Å²) in [6, 6.07) is -0.892. The number of hydrogen-bond acceptors (Lipinski definition) is 5. The van der Waals surface area contributed by atoms with Crippen molar-refractivity contribution in [2.24, 2.45) is 0 Å². The maximum atomic E-state index is 12.0. The number of esters is 1. The molecule has 1 saturated heterocycles. The molecule has 1 N–H and O–H groups in total. The van der Waals surface area contributed by atoms with Gasteiger partial charge < -0.3 is 9.84 Å². The first-order chi connectivity index (χ1) is 8.32. The van der Waals surface area contributed by atoms with Crippen molar-refractivity contribution < 1.29 is 27.9 Å². The number of carboxylic acids is 1. The summed E-state index contributed by atoms with van der Waals surface area (Å²) in [6.07, 6.45) is 0.888. The van der Waals surface area contributed by atoms with Crippen molar-refractivity contribution in [2.75, 3.05) is 13.2 Å². The van der Waals surface area contributed by atoms with Crippen molar-refractivity contribution in [1.82, 2.24) is 4.31 Å². The first-order valence-corrected chi connectivity index (χ1v) is 7.22. The fraction of sp³-hybridized carbons (Fsp3) is 0.800. The highest BCUT2D eigenvalue weighted by atomic mass is 32.2. The van der Waals surface area contributed by atoms with Gasteiger partial charge in [0.25, 0.3) is 0 Å². The molecular formula is C10H17NO6S. The quantitative estimate of drug-likeness (QED) is 0.700. The standard InChI is InChI=1S/C10H17NO6S/c1-3-17-10(14)8-5-4-6-11(8)18(15,16)7(2)9(12)13/h7-8H,3-6H2,1-2H3,(H,12,13). The lowest BCUT2D eigenvalue weighted by Crippen LogP contribution is -2.47. The Kier molecular flexibility index (Phi) is 4.69. The average molecular weight is 279 g/mol. The van der Waals surface area contributed by atoms with E-state index in [1.54, 1.807) is 6.92 Å². The minimum Gasteiger partial charge on any atom is -0.480 e. The van der Waals surface area contributed by atoms with Crippen LogP contribution in [0.25, 0.3) is 0 Å². The van der Waals surface area contributed by atoms with Crippen LogP contribution in [0.1, 0.15) is 26.7 Å². The molecule has 18 heavy (non-hydrogen) atoms. The van der Waals surface area contributed by atoms with Crippen molar-refractivity contribution in [3.8, 4) is 0 Å². The van der Waals surface area contributed by atoms with Crippen LogP contribution in [0.3, 0.4) is 0 Å². The van der Waals surface area contributed by atoms with Crippen molar-refractivity contribution in [1.29, 1.82) is 0 Å². The molecule has 104 valence electrons.